The number of aliphatic hydroxyl groups excluding tert-OH is 2. The molecule has 2 aromatic rings. The van der Waals surface area contributed by atoms with E-state index >= 15 is 4.79 Å². The Kier molecular flexibility index (Phi) is 11.3. The van der Waals surface area contributed by atoms with Crippen molar-refractivity contribution in [3.05, 3.63) is 82.9 Å². The zero-order valence-corrected chi connectivity index (χ0v) is 36.3. The lowest BCUT2D eigenvalue weighted by Gasteiger charge is -2.67. The Balaban J connectivity index is 1.43. The average molecular weight is 861 g/mol. The van der Waals surface area contributed by atoms with Gasteiger partial charge in [0.15, 0.2) is 29.2 Å². The van der Waals surface area contributed by atoms with E-state index in [1.807, 2.05) is 0 Å². The summed E-state index contributed by atoms with van der Waals surface area (Å²) in [6.45, 7) is 12.4. The van der Waals surface area contributed by atoms with Gasteiger partial charge in [-0.15, -0.1) is 0 Å². The largest absolute Gasteiger partial charge is 0.456 e. The molecule has 16 heteroatoms. The first-order valence-corrected chi connectivity index (χ1v) is 21.1. The molecule has 2 amide bonds. The van der Waals surface area contributed by atoms with Crippen LogP contribution >= 0.6 is 0 Å². The summed E-state index contributed by atoms with van der Waals surface area (Å²) < 4.78 is 30.9. The number of esters is 4. The maximum atomic E-state index is 15.7. The zero-order valence-electron chi connectivity index (χ0n) is 36.3. The number of ether oxygens (including phenoxy) is 5. The molecule has 11 atom stereocenters. The normalized spacial score (nSPS) is 34.8. The number of fused-ring (bicyclic) bond motifs is 4. The summed E-state index contributed by atoms with van der Waals surface area (Å²) in [5.41, 5.74) is -11.3. The lowest BCUT2D eigenvalue weighted by atomic mass is 9.44. The molecule has 5 aliphatic rings. The number of carbonyl (C=O) groups excluding carboxylic acids is 6. The van der Waals surface area contributed by atoms with E-state index in [2.05, 4.69) is 5.32 Å². The summed E-state index contributed by atoms with van der Waals surface area (Å²) in [6.07, 6.45) is -8.93. The predicted octanol–water partition coefficient (Wildman–Crippen LogP) is 3.50. The molecule has 7 rings (SSSR count). The Bertz CT molecular complexity index is 2190. The van der Waals surface area contributed by atoms with Gasteiger partial charge in [-0.3, -0.25) is 14.4 Å². The summed E-state index contributed by atoms with van der Waals surface area (Å²) >= 11 is 0. The van der Waals surface area contributed by atoms with Crippen molar-refractivity contribution < 1.29 is 67.8 Å². The molecule has 0 aromatic heterocycles. The smallest absolute Gasteiger partial charge is 0.338 e. The second kappa shape index (κ2) is 15.6. The molecule has 62 heavy (non-hydrogen) atoms. The third-order valence-electron chi connectivity index (χ3n) is 14.8. The quantitative estimate of drug-likeness (QED) is 0.144. The summed E-state index contributed by atoms with van der Waals surface area (Å²) in [5.74, 6) is -4.58. The first-order chi connectivity index (χ1) is 29.1. The van der Waals surface area contributed by atoms with Crippen LogP contribution in [-0.2, 0) is 42.9 Å². The zero-order chi connectivity index (χ0) is 45.4. The molecule has 2 unspecified atom stereocenters. The molecule has 1 aliphatic heterocycles. The lowest BCUT2D eigenvalue weighted by molar-refractivity contribution is -0.349. The van der Waals surface area contributed by atoms with Gasteiger partial charge in [0.25, 0.3) is 0 Å². The second-order valence-corrected chi connectivity index (χ2v) is 17.9. The number of aliphatic hydroxyl groups is 3. The van der Waals surface area contributed by atoms with E-state index in [1.165, 1.54) is 30.9 Å². The first-order valence-electron chi connectivity index (χ1n) is 21.1. The number of hydrogen-bond acceptors (Lipinski definition) is 14. The second-order valence-electron chi connectivity index (χ2n) is 17.9. The molecule has 1 saturated heterocycles. The number of amides is 2. The van der Waals surface area contributed by atoms with Crippen molar-refractivity contribution in [2.75, 3.05) is 19.7 Å². The molecule has 0 radical (unpaired) electrons. The molecule has 3 saturated carbocycles. The molecule has 4 N–H and O–H groups in total. The number of nitrogens with one attached hydrogen (secondary N) is 1. The number of nitrogens with zero attached hydrogens (tertiary/aromatic N) is 1. The first kappa shape index (κ1) is 44.9. The summed E-state index contributed by atoms with van der Waals surface area (Å²) in [4.78, 5) is 85.5. The Hall–Kier alpha value is -5.16. The van der Waals surface area contributed by atoms with Crippen molar-refractivity contribution in [3.8, 4) is 0 Å². The van der Waals surface area contributed by atoms with E-state index in [4.69, 9.17) is 23.7 Å². The van der Waals surface area contributed by atoms with Crippen LogP contribution in [0.5, 0.6) is 0 Å². The molecule has 334 valence electrons. The molecule has 2 aromatic carbocycles. The van der Waals surface area contributed by atoms with E-state index in [9.17, 15) is 39.3 Å². The van der Waals surface area contributed by atoms with Gasteiger partial charge < -0.3 is 49.2 Å². The van der Waals surface area contributed by atoms with Crippen LogP contribution in [0.3, 0.4) is 0 Å². The van der Waals surface area contributed by atoms with E-state index in [1.54, 1.807) is 83.1 Å². The van der Waals surface area contributed by atoms with E-state index in [0.717, 1.165) is 6.92 Å². The fourth-order valence-corrected chi connectivity index (χ4v) is 11.6. The highest BCUT2D eigenvalue weighted by Crippen LogP contribution is 2.85. The van der Waals surface area contributed by atoms with E-state index in [-0.39, 0.29) is 36.2 Å². The minimum atomic E-state index is -2.38. The van der Waals surface area contributed by atoms with E-state index < -0.39 is 112 Å². The van der Waals surface area contributed by atoms with Crippen LogP contribution in [0, 0.1) is 16.2 Å². The molecule has 16 nitrogen and oxygen atoms in total. The van der Waals surface area contributed by atoms with Gasteiger partial charge in [-0.25, -0.2) is 14.4 Å². The van der Waals surface area contributed by atoms with Crippen molar-refractivity contribution in [1.82, 2.24) is 10.2 Å². The van der Waals surface area contributed by atoms with Crippen LogP contribution in [-0.4, -0.2) is 123 Å². The summed E-state index contributed by atoms with van der Waals surface area (Å²) in [7, 11) is 0. The van der Waals surface area contributed by atoms with Crippen LogP contribution in [0.15, 0.2) is 71.8 Å². The van der Waals surface area contributed by atoms with Crippen LogP contribution in [0.2, 0.25) is 0 Å². The number of Topliss-reactive ketones (excluding diaryl/α,β-unsaturated/α-hetero) is 1. The minimum absolute atomic E-state index is 0.0192. The molecular formula is C46H56N2O14. The summed E-state index contributed by atoms with van der Waals surface area (Å²) in [6, 6.07) is 14.4. The van der Waals surface area contributed by atoms with Gasteiger partial charge in [0, 0.05) is 51.6 Å². The van der Waals surface area contributed by atoms with Crippen molar-refractivity contribution in [3.63, 3.8) is 0 Å². The number of rotatable bonds is 11. The van der Waals surface area contributed by atoms with Crippen LogP contribution < -0.4 is 5.32 Å². The third kappa shape index (κ3) is 6.14. The Morgan fingerprint density at radius 2 is 1.53 bits per heavy atom. The number of urea groups is 1. The maximum Gasteiger partial charge on any atom is 0.338 e. The summed E-state index contributed by atoms with van der Waals surface area (Å²) in [5, 5.41) is 40.7. The van der Waals surface area contributed by atoms with Crippen LogP contribution in [0.4, 0.5) is 4.79 Å². The van der Waals surface area contributed by atoms with Crippen molar-refractivity contribution >= 4 is 35.7 Å². The highest BCUT2D eigenvalue weighted by Gasteiger charge is 2.99. The van der Waals surface area contributed by atoms with Gasteiger partial charge in [-0.1, -0.05) is 62.4 Å². The molecule has 2 bridgehead atoms. The molecular weight excluding hydrogens is 805 g/mol. The average Bonchev–Trinajstić information content (AvgIpc) is 3.92. The van der Waals surface area contributed by atoms with E-state index in [0.29, 0.717) is 18.7 Å². The van der Waals surface area contributed by atoms with Crippen molar-refractivity contribution in [1.29, 1.82) is 0 Å². The van der Waals surface area contributed by atoms with Crippen molar-refractivity contribution in [2.24, 2.45) is 16.2 Å². The van der Waals surface area contributed by atoms with Crippen LogP contribution in [0.1, 0.15) is 96.6 Å². The third-order valence-corrected chi connectivity index (χ3v) is 14.8. The number of carbonyl (C=O) groups is 6. The van der Waals surface area contributed by atoms with Crippen molar-refractivity contribution in [2.45, 2.75) is 128 Å². The van der Waals surface area contributed by atoms with Gasteiger partial charge in [0.05, 0.1) is 35.1 Å². The monoisotopic (exact) mass is 860 g/mol. The SMILES string of the molecule is CCN(CC)C(=O)NC(c1ccccc1)[C@@H](O)C(=O)O[C@H]1C[C@]2(O)C(C)(C)C(=C1C)[C@@H](OC(C)=O)C(=O)[C@]1(C)[C@@H](O)C[C@H]3OC[C@@]3(OC(C)=O)[C@]13CC23OC(=O)c1ccccc1. The van der Waals surface area contributed by atoms with Gasteiger partial charge >= 0.3 is 29.9 Å². The lowest BCUT2D eigenvalue weighted by Crippen LogP contribution is -2.82. The molecule has 1 heterocycles. The topological polar surface area (TPSA) is 225 Å². The van der Waals surface area contributed by atoms with Gasteiger partial charge in [-0.2, -0.15) is 0 Å². The van der Waals surface area contributed by atoms with Gasteiger partial charge in [0.2, 0.25) is 0 Å². The maximum absolute atomic E-state index is 15.7. The molecule has 1 spiro atoms. The predicted molar refractivity (Wildman–Crippen MR) is 218 cm³/mol. The highest BCUT2D eigenvalue weighted by molar-refractivity contribution is 5.97. The van der Waals surface area contributed by atoms with Gasteiger partial charge in [-0.05, 0) is 56.5 Å². The number of hydrogen-bond donors (Lipinski definition) is 4. The van der Waals surface area contributed by atoms with Gasteiger partial charge in [0.1, 0.15) is 17.8 Å². The fraction of sp³-hybridized carbons (Fsp3) is 0.565. The molecule has 4 aliphatic carbocycles. The Morgan fingerprint density at radius 3 is 2.08 bits per heavy atom. The number of ketones is 1. The standard InChI is InChI=1S/C46H56N2O14/c1-9-48(10-2)40(56)47-34(28-17-13-11-14-18-28)35(52)39(55)60-30-22-45(57)41(6,7)33(25(30)3)36(59-26(4)49)37(53)42(8)31(51)21-32-43(24-58-32,61-27(5)50)44(42)23-46(44,45)62-38(54)29-19-15-12-16-20-29/h11-20,30-32,34-36,51-52,57H,9-10,21-24H2,1-8H3,(H,47,56)/t30-,31-,32+,34?,35+,36+,42-,43-,44-,45-,46?/m0/s1. The fourth-order valence-electron chi connectivity index (χ4n) is 11.6. The highest BCUT2D eigenvalue weighted by atomic mass is 16.6. The number of benzene rings is 2. The van der Waals surface area contributed by atoms with Crippen LogP contribution in [0.25, 0.3) is 0 Å². The minimum Gasteiger partial charge on any atom is -0.456 e. The Labute approximate surface area is 359 Å². The molecule has 4 fully saturated rings. The Morgan fingerprint density at radius 1 is 0.919 bits per heavy atom.